The van der Waals surface area contributed by atoms with E-state index in [1.54, 1.807) is 29.0 Å². The number of amides is 3. The van der Waals surface area contributed by atoms with Crippen molar-refractivity contribution in [1.29, 1.82) is 0 Å². The summed E-state index contributed by atoms with van der Waals surface area (Å²) < 4.78 is 13.0. The number of carbonyl (C=O) groups excluding carboxylic acids is 4. The fourth-order valence-corrected chi connectivity index (χ4v) is 7.71. The Morgan fingerprint density at radius 3 is 2.36 bits per heavy atom. The van der Waals surface area contributed by atoms with Gasteiger partial charge in [0.15, 0.2) is 0 Å². The highest BCUT2D eigenvalue weighted by molar-refractivity contribution is 5.98. The summed E-state index contributed by atoms with van der Waals surface area (Å²) in [5, 5.41) is 10.5. The lowest BCUT2D eigenvalue weighted by molar-refractivity contribution is -0.165. The smallest absolute Gasteiger partial charge is 0.313 e. The van der Waals surface area contributed by atoms with E-state index in [1.807, 2.05) is 71.9 Å². The summed E-state index contributed by atoms with van der Waals surface area (Å²) in [5.74, 6) is -3.46. The molecule has 10 nitrogen and oxygen atoms in total. The van der Waals surface area contributed by atoms with Gasteiger partial charge in [-0.2, -0.15) is 0 Å². The molecule has 0 radical (unpaired) electrons. The number of hydrogen-bond acceptors (Lipinski definition) is 7. The first-order chi connectivity index (χ1) is 22.2. The van der Waals surface area contributed by atoms with Gasteiger partial charge in [0.1, 0.15) is 17.7 Å². The van der Waals surface area contributed by atoms with E-state index in [9.17, 15) is 24.3 Å². The standard InChI is InChI=1S/C37H53N3O7/c1-10-12-18-28(42)38(9)24(5)31(25-16-14-13-15-17-25)46-35(45)29-27-19-20-37(47-27)30(29)33(43)40(26(22-41)23(3)4)32(37)34(44)39(21-11-2)36(6,7)8/h10-11,13-17,23-24,26-27,29-32,41H,1-2,12,18-22H2,3-9H3/t24-,26-,27+,29-,30-,31+,32+,37-/m0/s1. The van der Waals surface area contributed by atoms with Crippen molar-refractivity contribution in [2.24, 2.45) is 17.8 Å². The lowest BCUT2D eigenvalue weighted by Gasteiger charge is -2.44. The van der Waals surface area contributed by atoms with Crippen LogP contribution in [0.15, 0.2) is 55.6 Å². The molecule has 258 valence electrons. The molecule has 3 fully saturated rings. The summed E-state index contributed by atoms with van der Waals surface area (Å²) in [5.41, 5.74) is -1.13. The number of esters is 1. The van der Waals surface area contributed by atoms with Crippen molar-refractivity contribution < 1.29 is 33.8 Å². The Kier molecular flexibility index (Phi) is 11.1. The van der Waals surface area contributed by atoms with Gasteiger partial charge in [-0.1, -0.05) is 56.3 Å². The van der Waals surface area contributed by atoms with Crippen molar-refractivity contribution >= 4 is 23.7 Å². The minimum absolute atomic E-state index is 0.105. The van der Waals surface area contributed by atoms with Crippen molar-refractivity contribution in [2.45, 2.75) is 109 Å². The molecular weight excluding hydrogens is 598 g/mol. The predicted octanol–water partition coefficient (Wildman–Crippen LogP) is 4.29. The molecule has 3 aliphatic heterocycles. The van der Waals surface area contributed by atoms with Crippen LogP contribution >= 0.6 is 0 Å². The van der Waals surface area contributed by atoms with Gasteiger partial charge < -0.3 is 29.3 Å². The third kappa shape index (κ3) is 6.64. The van der Waals surface area contributed by atoms with Crippen molar-refractivity contribution in [2.75, 3.05) is 20.2 Å². The first kappa shape index (κ1) is 36.3. The largest absolute Gasteiger partial charge is 0.455 e. The van der Waals surface area contributed by atoms with E-state index in [1.165, 1.54) is 4.90 Å². The third-order valence-electron chi connectivity index (χ3n) is 10.3. The summed E-state index contributed by atoms with van der Waals surface area (Å²) in [7, 11) is 1.69. The molecular formula is C37H53N3O7. The van der Waals surface area contributed by atoms with Crippen molar-refractivity contribution in [3.63, 3.8) is 0 Å². The molecule has 0 saturated carbocycles. The molecule has 47 heavy (non-hydrogen) atoms. The van der Waals surface area contributed by atoms with Crippen LogP contribution in [0.25, 0.3) is 0 Å². The summed E-state index contributed by atoms with van der Waals surface area (Å²) in [6, 6.07) is 7.05. The molecule has 1 N–H and O–H groups in total. The zero-order valence-corrected chi connectivity index (χ0v) is 29.1. The molecule has 4 rings (SSSR count). The Hall–Kier alpha value is -3.50. The molecule has 2 bridgehead atoms. The monoisotopic (exact) mass is 651 g/mol. The molecule has 3 heterocycles. The van der Waals surface area contributed by atoms with Crippen molar-refractivity contribution in [3.8, 4) is 0 Å². The van der Waals surface area contributed by atoms with Gasteiger partial charge in [-0.25, -0.2) is 0 Å². The zero-order valence-electron chi connectivity index (χ0n) is 29.1. The number of hydrogen-bond donors (Lipinski definition) is 1. The lowest BCUT2D eigenvalue weighted by atomic mass is 9.70. The Balaban J connectivity index is 1.74. The van der Waals surface area contributed by atoms with E-state index >= 15 is 0 Å². The zero-order chi connectivity index (χ0) is 34.8. The van der Waals surface area contributed by atoms with Crippen LogP contribution in [0.1, 0.15) is 78.9 Å². The highest BCUT2D eigenvalue weighted by Crippen LogP contribution is 2.59. The minimum Gasteiger partial charge on any atom is -0.455 e. The normalized spacial score (nSPS) is 26.8. The Morgan fingerprint density at radius 1 is 1.15 bits per heavy atom. The van der Waals surface area contributed by atoms with Gasteiger partial charge in [-0.05, 0) is 58.4 Å². The second-order valence-corrected chi connectivity index (χ2v) is 14.5. The number of likely N-dealkylation sites (tertiary alicyclic amines) is 1. The number of ether oxygens (including phenoxy) is 2. The number of likely N-dealkylation sites (N-methyl/N-ethyl adjacent to an activating group) is 1. The topological polar surface area (TPSA) is 117 Å². The number of rotatable bonds is 14. The fourth-order valence-electron chi connectivity index (χ4n) is 7.71. The van der Waals surface area contributed by atoms with Crippen LogP contribution in [0.3, 0.4) is 0 Å². The average Bonchev–Trinajstić information content (AvgIpc) is 3.68. The Labute approximate surface area is 279 Å². The highest BCUT2D eigenvalue weighted by atomic mass is 16.6. The molecule has 3 saturated heterocycles. The molecule has 8 atom stereocenters. The van der Waals surface area contributed by atoms with Gasteiger partial charge in [0.05, 0.1) is 36.6 Å². The van der Waals surface area contributed by atoms with Crippen LogP contribution in [0.2, 0.25) is 0 Å². The summed E-state index contributed by atoms with van der Waals surface area (Å²) in [6.07, 6.45) is 3.63. The van der Waals surface area contributed by atoms with Gasteiger partial charge in [0.2, 0.25) is 17.7 Å². The maximum absolute atomic E-state index is 14.6. The molecule has 0 aliphatic carbocycles. The maximum atomic E-state index is 14.6. The SMILES string of the molecule is C=CCCC(=O)N(C)[C@@H](C)[C@@H](OC(=O)[C@@H]1[C@H]2C(=O)N([C@@H](CO)C(C)C)[C@H](C(=O)N(CC=C)C(C)(C)C)[C@]23CC[C@H]1O3)c1ccccc1. The van der Waals surface area contributed by atoms with Gasteiger partial charge in [-0.3, -0.25) is 19.2 Å². The van der Waals surface area contributed by atoms with Crippen LogP contribution in [-0.2, 0) is 28.7 Å². The molecule has 0 unspecified atom stereocenters. The molecule has 10 heteroatoms. The number of nitrogens with zero attached hydrogens (tertiary/aromatic N) is 3. The van der Waals surface area contributed by atoms with E-state index in [-0.39, 0.29) is 43.2 Å². The van der Waals surface area contributed by atoms with Gasteiger partial charge in [0, 0.05) is 25.6 Å². The van der Waals surface area contributed by atoms with Crippen LogP contribution in [-0.4, -0.2) is 99.1 Å². The number of aliphatic hydroxyl groups excluding tert-OH is 1. The molecule has 1 aromatic carbocycles. The van der Waals surface area contributed by atoms with Crippen LogP contribution in [0.4, 0.5) is 0 Å². The van der Waals surface area contributed by atoms with Crippen molar-refractivity contribution in [1.82, 2.24) is 14.7 Å². The molecule has 1 aromatic rings. The first-order valence-corrected chi connectivity index (χ1v) is 16.8. The summed E-state index contributed by atoms with van der Waals surface area (Å²) >= 11 is 0. The Bertz CT molecular complexity index is 1340. The number of fused-ring (bicyclic) bond motifs is 1. The second kappa shape index (κ2) is 14.3. The lowest BCUT2D eigenvalue weighted by Crippen LogP contribution is -2.62. The molecule has 3 aliphatic rings. The number of benzene rings is 1. The third-order valence-corrected chi connectivity index (χ3v) is 10.3. The van der Waals surface area contributed by atoms with Crippen LogP contribution < -0.4 is 0 Å². The summed E-state index contributed by atoms with van der Waals surface area (Å²) in [6.45, 7) is 18.9. The van der Waals surface area contributed by atoms with Gasteiger partial charge in [0.25, 0.3) is 0 Å². The van der Waals surface area contributed by atoms with E-state index in [0.29, 0.717) is 24.8 Å². The highest BCUT2D eigenvalue weighted by Gasteiger charge is 2.76. The number of allylic oxidation sites excluding steroid dienone is 1. The Morgan fingerprint density at radius 2 is 1.81 bits per heavy atom. The van der Waals surface area contributed by atoms with Crippen molar-refractivity contribution in [3.05, 3.63) is 61.2 Å². The molecule has 3 amide bonds. The quantitative estimate of drug-likeness (QED) is 0.236. The van der Waals surface area contributed by atoms with Crippen LogP contribution in [0.5, 0.6) is 0 Å². The van der Waals surface area contributed by atoms with Crippen LogP contribution in [0, 0.1) is 17.8 Å². The van der Waals surface area contributed by atoms with E-state index in [4.69, 9.17) is 9.47 Å². The van der Waals surface area contributed by atoms with E-state index in [0.717, 1.165) is 0 Å². The summed E-state index contributed by atoms with van der Waals surface area (Å²) in [4.78, 5) is 61.3. The second-order valence-electron chi connectivity index (χ2n) is 14.5. The molecule has 1 spiro atoms. The maximum Gasteiger partial charge on any atom is 0.313 e. The number of carbonyl (C=O) groups is 4. The average molecular weight is 652 g/mol. The van der Waals surface area contributed by atoms with Gasteiger partial charge in [-0.15, -0.1) is 13.2 Å². The molecule has 0 aromatic heterocycles. The van der Waals surface area contributed by atoms with E-state index in [2.05, 4.69) is 13.2 Å². The van der Waals surface area contributed by atoms with E-state index < -0.39 is 59.3 Å². The first-order valence-electron chi connectivity index (χ1n) is 16.8. The fraction of sp³-hybridized carbons (Fsp3) is 0.622. The minimum atomic E-state index is -1.25. The predicted molar refractivity (Wildman–Crippen MR) is 179 cm³/mol. The van der Waals surface area contributed by atoms with Gasteiger partial charge >= 0.3 is 5.97 Å². The number of aliphatic hydroxyl groups is 1.